The zero-order valence-electron chi connectivity index (χ0n) is 23.3. The maximum Gasteiger partial charge on any atom is 0.326 e. The Morgan fingerprint density at radius 1 is 0.857 bits per heavy atom. The van der Waals surface area contributed by atoms with Crippen LogP contribution < -0.4 is 27.4 Å². The molecular formula is C29H36N6O7. The number of H-pyrrole nitrogens is 1. The van der Waals surface area contributed by atoms with Crippen molar-refractivity contribution in [3.63, 3.8) is 0 Å². The van der Waals surface area contributed by atoms with Gasteiger partial charge in [-0.2, -0.15) is 0 Å². The Labute approximate surface area is 242 Å². The number of hydrogen-bond donors (Lipinski definition) is 8. The maximum atomic E-state index is 13.6. The van der Waals surface area contributed by atoms with Crippen LogP contribution in [0.1, 0.15) is 31.4 Å². The highest BCUT2D eigenvalue weighted by Crippen LogP contribution is 2.20. The number of carboxylic acids is 1. The molecule has 0 fully saturated rings. The summed E-state index contributed by atoms with van der Waals surface area (Å²) in [6, 6.07) is 8.32. The molecule has 4 amide bonds. The third-order valence-corrected chi connectivity index (χ3v) is 6.73. The minimum Gasteiger partial charge on any atom is -0.508 e. The van der Waals surface area contributed by atoms with Crippen molar-refractivity contribution < 1.29 is 34.2 Å². The zero-order valence-corrected chi connectivity index (χ0v) is 23.3. The van der Waals surface area contributed by atoms with Crippen molar-refractivity contribution in [2.45, 2.75) is 57.3 Å². The fraction of sp³-hybridized carbons (Fsp3) is 0.345. The zero-order chi connectivity index (χ0) is 31.0. The van der Waals surface area contributed by atoms with Gasteiger partial charge in [-0.1, -0.05) is 44.2 Å². The number of primary amides is 1. The summed E-state index contributed by atoms with van der Waals surface area (Å²) in [5.74, 6) is -4.73. The molecule has 10 N–H and O–H groups in total. The number of benzene rings is 2. The van der Waals surface area contributed by atoms with E-state index in [2.05, 4.69) is 20.9 Å². The normalized spacial score (nSPS) is 14.0. The van der Waals surface area contributed by atoms with E-state index in [4.69, 9.17) is 11.5 Å². The largest absolute Gasteiger partial charge is 0.508 e. The lowest BCUT2D eigenvalue weighted by Crippen LogP contribution is -2.59. The first kappa shape index (κ1) is 31.6. The number of carbonyl (C=O) groups excluding carboxylic acids is 4. The van der Waals surface area contributed by atoms with Gasteiger partial charge in [-0.15, -0.1) is 0 Å². The molecular weight excluding hydrogens is 544 g/mol. The number of fused-ring (bicyclic) bond motifs is 1. The number of aromatic amines is 1. The number of phenolic OH excluding ortho intramolecular Hbond substituents is 1. The Kier molecular flexibility index (Phi) is 10.6. The number of amides is 4. The van der Waals surface area contributed by atoms with Crippen LogP contribution in [0.4, 0.5) is 0 Å². The van der Waals surface area contributed by atoms with Gasteiger partial charge < -0.3 is 42.6 Å². The Morgan fingerprint density at radius 3 is 2.12 bits per heavy atom. The van der Waals surface area contributed by atoms with Crippen LogP contribution in [0.2, 0.25) is 0 Å². The highest BCUT2D eigenvalue weighted by molar-refractivity contribution is 5.95. The molecule has 0 aliphatic heterocycles. The highest BCUT2D eigenvalue weighted by Gasteiger charge is 2.32. The first-order valence-electron chi connectivity index (χ1n) is 13.4. The number of hydrogen-bond acceptors (Lipinski definition) is 7. The number of aliphatic carboxylic acids is 1. The van der Waals surface area contributed by atoms with Crippen LogP contribution in [0.15, 0.2) is 54.7 Å². The molecule has 224 valence electrons. The second-order valence-electron chi connectivity index (χ2n) is 10.4. The molecule has 42 heavy (non-hydrogen) atoms. The summed E-state index contributed by atoms with van der Waals surface area (Å²) in [7, 11) is 0. The number of rotatable bonds is 14. The lowest BCUT2D eigenvalue weighted by molar-refractivity contribution is -0.142. The molecule has 0 radical (unpaired) electrons. The molecule has 2 aromatic carbocycles. The molecule has 3 aromatic rings. The molecule has 0 aliphatic carbocycles. The number of carbonyl (C=O) groups is 5. The van der Waals surface area contributed by atoms with Crippen molar-refractivity contribution in [3.05, 3.63) is 65.9 Å². The fourth-order valence-corrected chi connectivity index (χ4v) is 4.44. The Hall–Kier alpha value is -4.91. The molecule has 13 heteroatoms. The van der Waals surface area contributed by atoms with E-state index in [1.54, 1.807) is 32.2 Å². The summed E-state index contributed by atoms with van der Waals surface area (Å²) in [5.41, 5.74) is 13.1. The molecule has 3 rings (SSSR count). The Balaban J connectivity index is 1.80. The average Bonchev–Trinajstić information content (AvgIpc) is 3.33. The predicted octanol–water partition coefficient (Wildman–Crippen LogP) is 0.0564. The molecule has 4 atom stereocenters. The van der Waals surface area contributed by atoms with E-state index >= 15 is 0 Å². The SMILES string of the molecule is CC(C)C(NC(=O)C(Cc1c[nH]c2ccccc12)NC(=O)C(N)CC(N)=O)C(=O)NC(Cc1ccc(O)cc1)C(=O)O. The molecule has 0 bridgehead atoms. The van der Waals surface area contributed by atoms with Crippen molar-refractivity contribution in [2.75, 3.05) is 0 Å². The minimum atomic E-state index is -1.31. The van der Waals surface area contributed by atoms with E-state index in [0.717, 1.165) is 10.9 Å². The number of aromatic hydroxyl groups is 1. The smallest absolute Gasteiger partial charge is 0.326 e. The fourth-order valence-electron chi connectivity index (χ4n) is 4.44. The van der Waals surface area contributed by atoms with Crippen molar-refractivity contribution in [1.29, 1.82) is 0 Å². The second-order valence-corrected chi connectivity index (χ2v) is 10.4. The average molecular weight is 581 g/mol. The van der Waals surface area contributed by atoms with Crippen LogP contribution in [0.25, 0.3) is 10.9 Å². The summed E-state index contributed by atoms with van der Waals surface area (Å²) in [4.78, 5) is 65.9. The van der Waals surface area contributed by atoms with Gasteiger partial charge in [0.1, 0.15) is 23.9 Å². The van der Waals surface area contributed by atoms with E-state index in [-0.39, 0.29) is 18.6 Å². The Morgan fingerprint density at radius 2 is 1.50 bits per heavy atom. The van der Waals surface area contributed by atoms with Crippen LogP contribution in [0.3, 0.4) is 0 Å². The van der Waals surface area contributed by atoms with Crippen LogP contribution in [0.5, 0.6) is 5.75 Å². The third kappa shape index (κ3) is 8.54. The van der Waals surface area contributed by atoms with E-state index < -0.39 is 66.1 Å². The van der Waals surface area contributed by atoms with E-state index in [9.17, 15) is 34.2 Å². The quantitative estimate of drug-likeness (QED) is 0.130. The molecule has 1 heterocycles. The highest BCUT2D eigenvalue weighted by atomic mass is 16.4. The topological polar surface area (TPSA) is 230 Å². The first-order chi connectivity index (χ1) is 19.8. The van der Waals surface area contributed by atoms with E-state index in [1.165, 1.54) is 12.1 Å². The van der Waals surface area contributed by atoms with E-state index in [0.29, 0.717) is 11.1 Å². The van der Waals surface area contributed by atoms with Gasteiger partial charge in [-0.25, -0.2) is 4.79 Å². The van der Waals surface area contributed by atoms with Crippen molar-refractivity contribution in [3.8, 4) is 5.75 Å². The summed E-state index contributed by atoms with van der Waals surface area (Å²) in [6.07, 6.45) is 1.24. The number of phenols is 1. The van der Waals surface area contributed by atoms with Gasteiger partial charge in [0, 0.05) is 29.9 Å². The number of para-hydroxylation sites is 1. The minimum absolute atomic E-state index is 0.0158. The summed E-state index contributed by atoms with van der Waals surface area (Å²) in [6.45, 7) is 3.35. The van der Waals surface area contributed by atoms with Crippen LogP contribution in [0, 0.1) is 5.92 Å². The van der Waals surface area contributed by atoms with Gasteiger partial charge in [0.05, 0.1) is 12.5 Å². The maximum absolute atomic E-state index is 13.6. The lowest BCUT2D eigenvalue weighted by atomic mass is 9.99. The molecule has 1 aromatic heterocycles. The monoisotopic (exact) mass is 580 g/mol. The van der Waals surface area contributed by atoms with Gasteiger partial charge in [0.2, 0.25) is 23.6 Å². The second kappa shape index (κ2) is 14.1. The number of nitrogens with two attached hydrogens (primary N) is 2. The molecule has 0 spiro atoms. The van der Waals surface area contributed by atoms with E-state index in [1.807, 2.05) is 24.3 Å². The summed E-state index contributed by atoms with van der Waals surface area (Å²) in [5, 5.41) is 27.7. The van der Waals surface area contributed by atoms with Crippen molar-refractivity contribution in [2.24, 2.45) is 17.4 Å². The van der Waals surface area contributed by atoms with Gasteiger partial charge in [0.15, 0.2) is 0 Å². The molecule has 0 saturated heterocycles. The number of carboxylic acid groups (broad SMARTS) is 1. The van der Waals surface area contributed by atoms with Crippen molar-refractivity contribution in [1.82, 2.24) is 20.9 Å². The molecule has 13 nitrogen and oxygen atoms in total. The standard InChI is InChI=1S/C29H36N6O7/c1-15(2)25(28(40)34-23(29(41)42)11-16-7-9-18(36)10-8-16)35-27(39)22(33-26(38)20(30)13-24(31)37)12-17-14-32-21-6-4-3-5-19(17)21/h3-10,14-15,20,22-23,25,32,36H,11-13,30H2,1-2H3,(H2,31,37)(H,33,38)(H,34,40)(H,35,39)(H,41,42). The van der Waals surface area contributed by atoms with Gasteiger partial charge in [-0.3, -0.25) is 19.2 Å². The number of aromatic nitrogens is 1. The van der Waals surface area contributed by atoms with Crippen LogP contribution in [-0.2, 0) is 36.8 Å². The molecule has 4 unspecified atom stereocenters. The molecule has 0 saturated carbocycles. The first-order valence-corrected chi connectivity index (χ1v) is 13.4. The lowest BCUT2D eigenvalue weighted by Gasteiger charge is -2.27. The van der Waals surface area contributed by atoms with Crippen LogP contribution in [-0.4, -0.2) is 69.0 Å². The van der Waals surface area contributed by atoms with Crippen molar-refractivity contribution >= 4 is 40.5 Å². The van der Waals surface area contributed by atoms with Gasteiger partial charge in [0.25, 0.3) is 0 Å². The predicted molar refractivity (Wildman–Crippen MR) is 154 cm³/mol. The number of nitrogens with one attached hydrogen (secondary N) is 4. The molecule has 0 aliphatic rings. The summed E-state index contributed by atoms with van der Waals surface area (Å²) >= 11 is 0. The Bertz CT molecular complexity index is 1440. The summed E-state index contributed by atoms with van der Waals surface area (Å²) < 4.78 is 0. The third-order valence-electron chi connectivity index (χ3n) is 6.73. The van der Waals surface area contributed by atoms with Crippen LogP contribution >= 0.6 is 0 Å². The van der Waals surface area contributed by atoms with Gasteiger partial charge in [-0.05, 0) is 35.2 Å². The van der Waals surface area contributed by atoms with Gasteiger partial charge >= 0.3 is 5.97 Å².